The molecule has 1 aromatic carbocycles. The van der Waals surface area contributed by atoms with Crippen molar-refractivity contribution in [2.45, 2.75) is 56.9 Å². The third-order valence-electron chi connectivity index (χ3n) is 5.41. The quantitative estimate of drug-likeness (QED) is 0.846. The lowest BCUT2D eigenvalue weighted by Crippen LogP contribution is -2.52. The van der Waals surface area contributed by atoms with Crippen LogP contribution in [0.5, 0.6) is 0 Å². The van der Waals surface area contributed by atoms with Gasteiger partial charge in [0.1, 0.15) is 11.3 Å². The molecular weight excluding hydrogens is 274 g/mol. The van der Waals surface area contributed by atoms with Gasteiger partial charge in [-0.3, -0.25) is 4.79 Å². The fourth-order valence-electron chi connectivity index (χ4n) is 4.35. The highest BCUT2D eigenvalue weighted by Crippen LogP contribution is 2.39. The van der Waals surface area contributed by atoms with Crippen molar-refractivity contribution < 1.29 is 9.21 Å². The van der Waals surface area contributed by atoms with Gasteiger partial charge >= 0.3 is 0 Å². The van der Waals surface area contributed by atoms with Crippen LogP contribution in [-0.2, 0) is 11.2 Å². The maximum Gasteiger partial charge on any atom is 0.223 e. The van der Waals surface area contributed by atoms with E-state index in [0.29, 0.717) is 5.91 Å². The Morgan fingerprint density at radius 2 is 1.91 bits per heavy atom. The van der Waals surface area contributed by atoms with Crippen LogP contribution in [0, 0.1) is 0 Å². The number of carbonyl (C=O) groups is 1. The largest absolute Gasteiger partial charge is 0.461 e. The number of furan rings is 1. The van der Waals surface area contributed by atoms with E-state index in [4.69, 9.17) is 4.42 Å². The van der Waals surface area contributed by atoms with Gasteiger partial charge in [0.2, 0.25) is 5.91 Å². The third kappa shape index (κ3) is 2.33. The Kier molecular flexibility index (Phi) is 3.44. The lowest BCUT2D eigenvalue weighted by Gasteiger charge is -2.44. The molecule has 0 N–H and O–H groups in total. The Morgan fingerprint density at radius 3 is 2.64 bits per heavy atom. The van der Waals surface area contributed by atoms with Crippen LogP contribution in [0.1, 0.15) is 50.7 Å². The van der Waals surface area contributed by atoms with E-state index in [1.54, 1.807) is 0 Å². The SMILES string of the molecule is O=C1CCCN1C1(Cc2cc3ccccc3o2)CCCCC1. The summed E-state index contributed by atoms with van der Waals surface area (Å²) >= 11 is 0. The molecule has 3 heteroatoms. The number of benzene rings is 1. The van der Waals surface area contributed by atoms with Gasteiger partial charge in [0.25, 0.3) is 0 Å². The minimum absolute atomic E-state index is 0.000288. The molecule has 116 valence electrons. The van der Waals surface area contributed by atoms with Crippen molar-refractivity contribution in [3.8, 4) is 0 Å². The summed E-state index contributed by atoms with van der Waals surface area (Å²) in [4.78, 5) is 14.5. The molecule has 1 amide bonds. The molecule has 2 heterocycles. The van der Waals surface area contributed by atoms with Crippen molar-refractivity contribution in [1.82, 2.24) is 4.90 Å². The zero-order valence-corrected chi connectivity index (χ0v) is 13.0. The molecule has 1 aliphatic heterocycles. The second-order valence-electron chi connectivity index (χ2n) is 6.86. The molecule has 1 saturated carbocycles. The fourth-order valence-corrected chi connectivity index (χ4v) is 4.35. The first kappa shape index (κ1) is 13.9. The van der Waals surface area contributed by atoms with Gasteiger partial charge in [0.15, 0.2) is 0 Å². The van der Waals surface area contributed by atoms with Crippen LogP contribution < -0.4 is 0 Å². The topological polar surface area (TPSA) is 33.5 Å². The Morgan fingerprint density at radius 1 is 1.09 bits per heavy atom. The Bertz CT molecular complexity index is 649. The van der Waals surface area contributed by atoms with Crippen molar-refractivity contribution in [2.24, 2.45) is 0 Å². The average molecular weight is 297 g/mol. The van der Waals surface area contributed by atoms with E-state index in [1.807, 2.05) is 18.2 Å². The highest BCUT2D eigenvalue weighted by molar-refractivity contribution is 5.79. The summed E-state index contributed by atoms with van der Waals surface area (Å²) in [7, 11) is 0. The van der Waals surface area contributed by atoms with Gasteiger partial charge < -0.3 is 9.32 Å². The lowest BCUT2D eigenvalue weighted by atomic mass is 9.77. The van der Waals surface area contributed by atoms with E-state index in [9.17, 15) is 4.79 Å². The number of rotatable bonds is 3. The van der Waals surface area contributed by atoms with Gasteiger partial charge in [-0.15, -0.1) is 0 Å². The van der Waals surface area contributed by atoms with Crippen molar-refractivity contribution in [1.29, 1.82) is 0 Å². The zero-order chi connectivity index (χ0) is 15.0. The maximum atomic E-state index is 12.3. The normalized spacial score (nSPS) is 21.6. The predicted octanol–water partition coefficient (Wildman–Crippen LogP) is 4.30. The first-order valence-corrected chi connectivity index (χ1v) is 8.55. The number of hydrogen-bond acceptors (Lipinski definition) is 2. The van der Waals surface area contributed by atoms with Gasteiger partial charge in [0, 0.05) is 30.3 Å². The van der Waals surface area contributed by atoms with Crippen molar-refractivity contribution >= 4 is 16.9 Å². The van der Waals surface area contributed by atoms with Crippen LogP contribution in [0.2, 0.25) is 0 Å². The van der Waals surface area contributed by atoms with E-state index in [-0.39, 0.29) is 5.54 Å². The van der Waals surface area contributed by atoms with E-state index < -0.39 is 0 Å². The lowest BCUT2D eigenvalue weighted by molar-refractivity contribution is -0.134. The zero-order valence-electron chi connectivity index (χ0n) is 13.0. The van der Waals surface area contributed by atoms with E-state index in [2.05, 4.69) is 17.0 Å². The van der Waals surface area contributed by atoms with Gasteiger partial charge in [0.05, 0.1) is 0 Å². The average Bonchev–Trinajstić information content (AvgIpc) is 3.13. The fraction of sp³-hybridized carbons (Fsp3) is 0.526. The molecule has 1 aliphatic carbocycles. The summed E-state index contributed by atoms with van der Waals surface area (Å²) in [6.45, 7) is 0.930. The molecule has 4 rings (SSSR count). The summed E-state index contributed by atoms with van der Waals surface area (Å²) in [5, 5.41) is 1.16. The van der Waals surface area contributed by atoms with E-state index in [1.165, 1.54) is 19.3 Å². The second-order valence-corrected chi connectivity index (χ2v) is 6.86. The number of fused-ring (bicyclic) bond motifs is 1. The van der Waals surface area contributed by atoms with Crippen LogP contribution in [0.3, 0.4) is 0 Å². The number of likely N-dealkylation sites (tertiary alicyclic amines) is 1. The molecule has 0 unspecified atom stereocenters. The first-order chi connectivity index (χ1) is 10.8. The highest BCUT2D eigenvalue weighted by Gasteiger charge is 2.43. The molecule has 2 aromatic rings. The highest BCUT2D eigenvalue weighted by atomic mass is 16.3. The summed E-state index contributed by atoms with van der Waals surface area (Å²) in [5.74, 6) is 1.38. The summed E-state index contributed by atoms with van der Waals surface area (Å²) < 4.78 is 6.05. The Labute approximate surface area is 131 Å². The molecule has 1 saturated heterocycles. The molecule has 22 heavy (non-hydrogen) atoms. The summed E-state index contributed by atoms with van der Waals surface area (Å²) in [6.07, 6.45) is 8.60. The Hall–Kier alpha value is -1.77. The van der Waals surface area contributed by atoms with Crippen LogP contribution >= 0.6 is 0 Å². The standard InChI is InChI=1S/C19H23NO2/c21-18-9-6-12-20(18)19(10-4-1-5-11-19)14-16-13-15-7-2-3-8-17(15)22-16/h2-3,7-8,13H,1,4-6,9-12,14H2. The minimum Gasteiger partial charge on any atom is -0.461 e. The van der Waals surface area contributed by atoms with Gasteiger partial charge in [-0.1, -0.05) is 37.5 Å². The van der Waals surface area contributed by atoms with Crippen LogP contribution in [0.4, 0.5) is 0 Å². The number of para-hydroxylation sites is 1. The molecule has 3 nitrogen and oxygen atoms in total. The van der Waals surface area contributed by atoms with Crippen molar-refractivity contribution in [3.63, 3.8) is 0 Å². The molecule has 1 aromatic heterocycles. The smallest absolute Gasteiger partial charge is 0.223 e. The molecular formula is C19H23NO2. The molecule has 0 radical (unpaired) electrons. The van der Waals surface area contributed by atoms with Gasteiger partial charge in [-0.25, -0.2) is 0 Å². The van der Waals surface area contributed by atoms with Gasteiger partial charge in [-0.05, 0) is 31.4 Å². The number of carbonyl (C=O) groups excluding carboxylic acids is 1. The number of hydrogen-bond donors (Lipinski definition) is 0. The molecule has 0 spiro atoms. The maximum absolute atomic E-state index is 12.3. The van der Waals surface area contributed by atoms with Crippen molar-refractivity contribution in [3.05, 3.63) is 36.1 Å². The van der Waals surface area contributed by atoms with Crippen LogP contribution in [0.15, 0.2) is 34.7 Å². The molecule has 2 fully saturated rings. The summed E-state index contributed by atoms with van der Waals surface area (Å²) in [5.41, 5.74) is 0.955. The number of nitrogens with zero attached hydrogens (tertiary/aromatic N) is 1. The third-order valence-corrected chi connectivity index (χ3v) is 5.41. The van der Waals surface area contributed by atoms with Crippen LogP contribution in [-0.4, -0.2) is 22.9 Å². The molecule has 2 aliphatic rings. The number of amides is 1. The van der Waals surface area contributed by atoms with E-state index >= 15 is 0 Å². The second kappa shape index (κ2) is 5.45. The molecule has 0 atom stereocenters. The minimum atomic E-state index is -0.000288. The first-order valence-electron chi connectivity index (χ1n) is 8.55. The van der Waals surface area contributed by atoms with Gasteiger partial charge in [-0.2, -0.15) is 0 Å². The van der Waals surface area contributed by atoms with E-state index in [0.717, 1.165) is 55.4 Å². The Balaban J connectivity index is 1.67. The summed E-state index contributed by atoms with van der Waals surface area (Å²) in [6, 6.07) is 10.3. The molecule has 0 bridgehead atoms. The predicted molar refractivity (Wildman–Crippen MR) is 86.7 cm³/mol. The van der Waals surface area contributed by atoms with Crippen molar-refractivity contribution in [2.75, 3.05) is 6.54 Å². The monoisotopic (exact) mass is 297 g/mol. The van der Waals surface area contributed by atoms with Crippen LogP contribution in [0.25, 0.3) is 11.0 Å².